The molecular formula is C28H24N4OS. The van der Waals surface area contributed by atoms with Crippen molar-refractivity contribution in [3.05, 3.63) is 108 Å². The summed E-state index contributed by atoms with van der Waals surface area (Å²) in [5, 5.41) is 14.9. The van der Waals surface area contributed by atoms with Crippen molar-refractivity contribution in [2.75, 3.05) is 5.75 Å². The summed E-state index contributed by atoms with van der Waals surface area (Å²) >= 11 is 1.39. The van der Waals surface area contributed by atoms with Gasteiger partial charge in [-0.3, -0.25) is 9.36 Å². The Balaban J connectivity index is 1.46. The Morgan fingerprint density at radius 2 is 1.59 bits per heavy atom. The van der Waals surface area contributed by atoms with Crippen LogP contribution < -0.4 is 5.32 Å². The number of fused-ring (bicyclic) bond motifs is 1. The molecular weight excluding hydrogens is 440 g/mol. The number of carbonyl (C=O) groups excluding carboxylic acids is 1. The maximum absolute atomic E-state index is 12.6. The van der Waals surface area contributed by atoms with Crippen molar-refractivity contribution in [1.29, 1.82) is 0 Å². The second kappa shape index (κ2) is 9.93. The van der Waals surface area contributed by atoms with Crippen molar-refractivity contribution < 1.29 is 4.79 Å². The van der Waals surface area contributed by atoms with Crippen LogP contribution in [0.4, 0.5) is 0 Å². The monoisotopic (exact) mass is 464 g/mol. The average Bonchev–Trinajstić information content (AvgIpc) is 3.30. The zero-order valence-electron chi connectivity index (χ0n) is 18.8. The van der Waals surface area contributed by atoms with E-state index in [1.165, 1.54) is 17.3 Å². The van der Waals surface area contributed by atoms with E-state index in [0.717, 1.165) is 33.4 Å². The fraction of sp³-hybridized carbons (Fsp3) is 0.107. The number of hydrogen-bond donors (Lipinski definition) is 1. The van der Waals surface area contributed by atoms with Gasteiger partial charge in [-0.1, -0.05) is 108 Å². The molecule has 1 N–H and O–H groups in total. The summed E-state index contributed by atoms with van der Waals surface area (Å²) in [5.41, 5.74) is 4.23. The largest absolute Gasteiger partial charge is 0.351 e. The molecule has 5 aromatic rings. The van der Waals surface area contributed by atoms with E-state index in [4.69, 9.17) is 0 Å². The third-order valence-corrected chi connectivity index (χ3v) is 6.54. The maximum Gasteiger partial charge on any atom is 0.230 e. The summed E-state index contributed by atoms with van der Waals surface area (Å²) in [5.74, 6) is 0.964. The van der Waals surface area contributed by atoms with Gasteiger partial charge in [-0.15, -0.1) is 10.2 Å². The van der Waals surface area contributed by atoms with Crippen LogP contribution >= 0.6 is 11.8 Å². The number of aryl methyl sites for hydroxylation is 1. The number of amides is 1. The van der Waals surface area contributed by atoms with Crippen LogP contribution in [0.3, 0.4) is 0 Å². The van der Waals surface area contributed by atoms with Crippen molar-refractivity contribution in [3.8, 4) is 17.1 Å². The molecule has 0 aliphatic carbocycles. The number of nitrogens with one attached hydrogen (secondary N) is 1. The highest BCUT2D eigenvalue weighted by molar-refractivity contribution is 7.99. The van der Waals surface area contributed by atoms with Gasteiger partial charge in [0, 0.05) is 17.5 Å². The summed E-state index contributed by atoms with van der Waals surface area (Å²) in [6, 6.07) is 32.6. The molecule has 0 saturated heterocycles. The van der Waals surface area contributed by atoms with Gasteiger partial charge in [-0.05, 0) is 23.9 Å². The van der Waals surface area contributed by atoms with E-state index >= 15 is 0 Å². The van der Waals surface area contributed by atoms with Crippen LogP contribution in [0.2, 0.25) is 0 Å². The van der Waals surface area contributed by atoms with Gasteiger partial charge in [0.25, 0.3) is 0 Å². The van der Waals surface area contributed by atoms with Gasteiger partial charge >= 0.3 is 0 Å². The van der Waals surface area contributed by atoms with Gasteiger partial charge in [0.1, 0.15) is 0 Å². The van der Waals surface area contributed by atoms with Crippen LogP contribution in [0.5, 0.6) is 0 Å². The van der Waals surface area contributed by atoms with E-state index in [9.17, 15) is 4.79 Å². The third kappa shape index (κ3) is 4.72. The fourth-order valence-electron chi connectivity index (χ4n) is 3.85. The van der Waals surface area contributed by atoms with Crippen molar-refractivity contribution in [2.45, 2.75) is 18.6 Å². The van der Waals surface area contributed by atoms with Crippen LogP contribution in [0.15, 0.2) is 102 Å². The average molecular weight is 465 g/mol. The van der Waals surface area contributed by atoms with E-state index in [-0.39, 0.29) is 11.7 Å². The Kier molecular flexibility index (Phi) is 6.40. The summed E-state index contributed by atoms with van der Waals surface area (Å²) in [6.45, 7) is 2.57. The van der Waals surface area contributed by atoms with E-state index < -0.39 is 0 Å². The van der Waals surface area contributed by atoms with Crippen LogP contribution in [-0.4, -0.2) is 26.4 Å². The number of benzene rings is 4. The fourth-order valence-corrected chi connectivity index (χ4v) is 4.63. The number of carbonyl (C=O) groups is 1. The second-order valence-electron chi connectivity index (χ2n) is 8.06. The molecule has 1 heterocycles. The molecule has 1 amide bonds. The summed E-state index contributed by atoms with van der Waals surface area (Å²) in [6.07, 6.45) is 0. The summed E-state index contributed by atoms with van der Waals surface area (Å²) < 4.78 is 2.06. The molecule has 5 rings (SSSR count). The first-order chi connectivity index (χ1) is 16.7. The van der Waals surface area contributed by atoms with Crippen LogP contribution in [0.25, 0.3) is 27.8 Å². The van der Waals surface area contributed by atoms with E-state index in [1.807, 2.05) is 48.5 Å². The first-order valence-electron chi connectivity index (χ1n) is 11.1. The smallest absolute Gasteiger partial charge is 0.230 e. The predicted molar refractivity (Wildman–Crippen MR) is 138 cm³/mol. The van der Waals surface area contributed by atoms with Gasteiger partial charge in [0.2, 0.25) is 5.91 Å². The Bertz CT molecular complexity index is 1420. The third-order valence-electron chi connectivity index (χ3n) is 5.62. The first kappa shape index (κ1) is 21.9. The zero-order chi connectivity index (χ0) is 23.3. The van der Waals surface area contributed by atoms with E-state index in [2.05, 4.69) is 75.5 Å². The predicted octanol–water partition coefficient (Wildman–Crippen LogP) is 5.80. The number of nitrogens with zero attached hydrogens (tertiary/aromatic N) is 3. The molecule has 0 fully saturated rings. The molecule has 0 atom stereocenters. The standard InChI is InChI=1S/C28H24N4OS/c1-20-14-16-23(17-15-20)27-30-31-28(34-19-26(33)29-18-21-8-3-2-4-9-21)32(27)25-13-7-11-22-10-5-6-12-24(22)25/h2-17H,18-19H2,1H3,(H,29,33). The van der Waals surface area contributed by atoms with Crippen molar-refractivity contribution >= 4 is 28.4 Å². The SMILES string of the molecule is Cc1ccc(-c2nnc(SCC(=O)NCc3ccccc3)n2-c2cccc3ccccc23)cc1. The molecule has 0 aliphatic rings. The number of thioether (sulfide) groups is 1. The van der Waals surface area contributed by atoms with Gasteiger partial charge < -0.3 is 5.32 Å². The highest BCUT2D eigenvalue weighted by atomic mass is 32.2. The number of rotatable bonds is 7. The molecule has 0 aliphatic heterocycles. The first-order valence-corrected chi connectivity index (χ1v) is 12.1. The molecule has 168 valence electrons. The summed E-state index contributed by atoms with van der Waals surface area (Å²) in [4.78, 5) is 12.6. The molecule has 0 saturated carbocycles. The lowest BCUT2D eigenvalue weighted by molar-refractivity contribution is -0.118. The molecule has 0 unspecified atom stereocenters. The van der Waals surface area contributed by atoms with Crippen molar-refractivity contribution in [3.63, 3.8) is 0 Å². The molecule has 4 aromatic carbocycles. The lowest BCUT2D eigenvalue weighted by atomic mass is 10.1. The highest BCUT2D eigenvalue weighted by Crippen LogP contribution is 2.32. The zero-order valence-corrected chi connectivity index (χ0v) is 19.6. The molecule has 0 radical (unpaired) electrons. The minimum atomic E-state index is -0.0433. The minimum absolute atomic E-state index is 0.0433. The Hall–Kier alpha value is -3.90. The highest BCUT2D eigenvalue weighted by Gasteiger charge is 2.19. The lowest BCUT2D eigenvalue weighted by Crippen LogP contribution is -2.24. The lowest BCUT2D eigenvalue weighted by Gasteiger charge is -2.13. The normalized spacial score (nSPS) is 11.0. The van der Waals surface area contributed by atoms with Gasteiger partial charge in [0.15, 0.2) is 11.0 Å². The van der Waals surface area contributed by atoms with E-state index in [1.54, 1.807) is 0 Å². The maximum atomic E-state index is 12.6. The molecule has 5 nitrogen and oxygen atoms in total. The molecule has 1 aromatic heterocycles. The topological polar surface area (TPSA) is 59.8 Å². The number of hydrogen-bond acceptors (Lipinski definition) is 4. The van der Waals surface area contributed by atoms with Crippen LogP contribution in [0.1, 0.15) is 11.1 Å². The van der Waals surface area contributed by atoms with Crippen molar-refractivity contribution in [2.24, 2.45) is 0 Å². The molecule has 0 bridgehead atoms. The van der Waals surface area contributed by atoms with Gasteiger partial charge in [0.05, 0.1) is 11.4 Å². The second-order valence-corrected chi connectivity index (χ2v) is 9.00. The Labute approximate surface area is 202 Å². The molecule has 6 heteroatoms. The Morgan fingerprint density at radius 1 is 0.853 bits per heavy atom. The molecule has 0 spiro atoms. The summed E-state index contributed by atoms with van der Waals surface area (Å²) in [7, 11) is 0. The van der Waals surface area contributed by atoms with Gasteiger partial charge in [-0.25, -0.2) is 0 Å². The van der Waals surface area contributed by atoms with Gasteiger partial charge in [-0.2, -0.15) is 0 Å². The molecule has 34 heavy (non-hydrogen) atoms. The Morgan fingerprint density at radius 3 is 2.41 bits per heavy atom. The number of aromatic nitrogens is 3. The van der Waals surface area contributed by atoms with E-state index in [0.29, 0.717) is 11.7 Å². The van der Waals surface area contributed by atoms with Crippen LogP contribution in [0, 0.1) is 6.92 Å². The van der Waals surface area contributed by atoms with Crippen molar-refractivity contribution in [1.82, 2.24) is 20.1 Å². The van der Waals surface area contributed by atoms with Crippen LogP contribution in [-0.2, 0) is 11.3 Å². The minimum Gasteiger partial charge on any atom is -0.351 e. The quantitative estimate of drug-likeness (QED) is 0.309.